The molecule has 0 radical (unpaired) electrons. The summed E-state index contributed by atoms with van der Waals surface area (Å²) in [6.45, 7) is 2.25. The number of carbonyl (C=O) groups is 1. The van der Waals surface area contributed by atoms with Crippen LogP contribution in [0.5, 0.6) is 0 Å². The molecule has 2 rings (SSSR count). The van der Waals surface area contributed by atoms with E-state index in [1.54, 1.807) is 0 Å². The van der Waals surface area contributed by atoms with Crippen molar-refractivity contribution >= 4 is 29.5 Å². The van der Waals surface area contributed by atoms with E-state index in [1.807, 2.05) is 0 Å². The number of thioether (sulfide) groups is 2. The maximum absolute atomic E-state index is 10.4. The predicted molar refractivity (Wildman–Crippen MR) is 89.6 cm³/mol. The van der Waals surface area contributed by atoms with Crippen LogP contribution in [0.1, 0.15) is 45.4 Å². The Morgan fingerprint density at radius 2 is 2.05 bits per heavy atom. The summed E-state index contributed by atoms with van der Waals surface area (Å²) in [5.74, 6) is 3.67. The zero-order valence-electron chi connectivity index (χ0n) is 12.3. The van der Waals surface area contributed by atoms with Crippen molar-refractivity contribution in [3.63, 3.8) is 0 Å². The fraction of sp³-hybridized carbons (Fsp3) is 0.812. The number of hydrogen-bond donors (Lipinski definition) is 1. The van der Waals surface area contributed by atoms with Crippen molar-refractivity contribution in [1.29, 1.82) is 0 Å². The predicted octanol–water partition coefficient (Wildman–Crippen LogP) is 4.45. The first-order valence-electron chi connectivity index (χ1n) is 7.82. The van der Waals surface area contributed by atoms with Gasteiger partial charge >= 0.3 is 5.97 Å². The Morgan fingerprint density at radius 3 is 2.75 bits per heavy atom. The summed E-state index contributed by atoms with van der Waals surface area (Å²) < 4.78 is 0. The van der Waals surface area contributed by atoms with Gasteiger partial charge in [-0.1, -0.05) is 19.1 Å². The number of carboxylic acid groups (broad SMARTS) is 1. The number of unbranched alkanes of at least 4 members (excludes halogenated alkanes) is 1. The van der Waals surface area contributed by atoms with Gasteiger partial charge in [-0.3, -0.25) is 4.79 Å². The van der Waals surface area contributed by atoms with E-state index in [-0.39, 0.29) is 0 Å². The number of carboxylic acids is 1. The lowest BCUT2D eigenvalue weighted by Crippen LogP contribution is -2.28. The summed E-state index contributed by atoms with van der Waals surface area (Å²) in [7, 11) is 0. The quantitative estimate of drug-likeness (QED) is 0.504. The Balaban J connectivity index is 1.72. The first-order valence-corrected chi connectivity index (χ1v) is 9.92. The van der Waals surface area contributed by atoms with Gasteiger partial charge in [0.1, 0.15) is 0 Å². The lowest BCUT2D eigenvalue weighted by molar-refractivity contribution is -0.137. The Kier molecular flexibility index (Phi) is 6.82. The fourth-order valence-electron chi connectivity index (χ4n) is 3.42. The van der Waals surface area contributed by atoms with Crippen LogP contribution in [-0.4, -0.2) is 33.1 Å². The zero-order chi connectivity index (χ0) is 14.4. The third-order valence-corrected chi connectivity index (χ3v) is 7.34. The largest absolute Gasteiger partial charge is 0.481 e. The molecular weight excluding hydrogens is 288 g/mol. The monoisotopic (exact) mass is 314 g/mol. The highest BCUT2D eigenvalue weighted by molar-refractivity contribution is 8.01. The minimum atomic E-state index is -0.681. The molecule has 2 bridgehead atoms. The highest BCUT2D eigenvalue weighted by atomic mass is 32.2. The van der Waals surface area contributed by atoms with Gasteiger partial charge in [-0.15, -0.1) is 0 Å². The molecule has 0 spiro atoms. The Hall–Kier alpha value is -0.0900. The molecule has 0 aromatic rings. The Labute approximate surface area is 131 Å². The molecule has 4 heteroatoms. The molecule has 0 saturated carbocycles. The molecule has 0 amide bonds. The van der Waals surface area contributed by atoms with Gasteiger partial charge in [-0.05, 0) is 55.4 Å². The number of fused-ring (bicyclic) bond motifs is 2. The highest BCUT2D eigenvalue weighted by Gasteiger charge is 2.47. The van der Waals surface area contributed by atoms with Gasteiger partial charge in [0.05, 0.1) is 0 Å². The third-order valence-electron chi connectivity index (χ3n) is 4.44. The Morgan fingerprint density at radius 1 is 1.30 bits per heavy atom. The summed E-state index contributed by atoms with van der Waals surface area (Å²) >= 11 is 4.34. The molecule has 20 heavy (non-hydrogen) atoms. The minimum Gasteiger partial charge on any atom is -0.481 e. The number of aliphatic carboxylic acids is 1. The highest BCUT2D eigenvalue weighted by Crippen LogP contribution is 2.54. The molecule has 114 valence electrons. The van der Waals surface area contributed by atoms with Crippen molar-refractivity contribution in [2.45, 2.75) is 55.9 Å². The lowest BCUT2D eigenvalue weighted by atomic mass is 9.78. The second-order valence-electron chi connectivity index (χ2n) is 5.77. The van der Waals surface area contributed by atoms with Crippen molar-refractivity contribution in [3.8, 4) is 0 Å². The average Bonchev–Trinajstić information content (AvgIpc) is 3.01. The molecule has 0 aliphatic carbocycles. The van der Waals surface area contributed by atoms with E-state index in [1.165, 1.54) is 30.8 Å². The average molecular weight is 315 g/mol. The molecule has 1 N–H and O–H groups in total. The summed E-state index contributed by atoms with van der Waals surface area (Å²) in [5.41, 5.74) is 0. The molecule has 2 fully saturated rings. The SMILES string of the molecule is CCSC[C@H]1[C@@H](C/C=C\CCCC(=O)O)[C@H]2CC[C@@H]1S2. The number of allylic oxidation sites excluding steroid dienone is 2. The molecule has 2 aliphatic rings. The molecule has 0 aromatic heterocycles. The van der Waals surface area contributed by atoms with Crippen LogP contribution in [-0.2, 0) is 4.79 Å². The second-order valence-corrected chi connectivity index (χ2v) is 8.57. The number of rotatable bonds is 9. The van der Waals surface area contributed by atoms with E-state index in [4.69, 9.17) is 5.11 Å². The van der Waals surface area contributed by atoms with Gasteiger partial charge in [0, 0.05) is 16.9 Å². The molecular formula is C16H26O2S2. The zero-order valence-corrected chi connectivity index (χ0v) is 13.9. The van der Waals surface area contributed by atoms with Crippen LogP contribution in [0.2, 0.25) is 0 Å². The first kappa shape index (κ1) is 16.3. The molecule has 2 saturated heterocycles. The number of hydrogen-bond acceptors (Lipinski definition) is 3. The van der Waals surface area contributed by atoms with Crippen molar-refractivity contribution in [1.82, 2.24) is 0 Å². The maximum atomic E-state index is 10.4. The molecule has 0 unspecified atom stereocenters. The summed E-state index contributed by atoms with van der Waals surface area (Å²) in [5, 5.41) is 10.4. The van der Waals surface area contributed by atoms with E-state index in [9.17, 15) is 4.79 Å². The summed E-state index contributed by atoms with van der Waals surface area (Å²) in [6.07, 6.45) is 10.5. The normalized spacial score (nSPS) is 32.2. The Bertz CT molecular complexity index is 343. The van der Waals surface area contributed by atoms with Crippen molar-refractivity contribution in [2.75, 3.05) is 11.5 Å². The van der Waals surface area contributed by atoms with Crippen LogP contribution in [0.4, 0.5) is 0 Å². The van der Waals surface area contributed by atoms with Crippen LogP contribution < -0.4 is 0 Å². The first-order chi connectivity index (χ1) is 9.72. The van der Waals surface area contributed by atoms with Crippen LogP contribution in [0.15, 0.2) is 12.2 Å². The van der Waals surface area contributed by atoms with Crippen LogP contribution in [0, 0.1) is 11.8 Å². The topological polar surface area (TPSA) is 37.3 Å². The molecule has 0 aromatic carbocycles. The fourth-order valence-corrected chi connectivity index (χ4v) is 6.54. The van der Waals surface area contributed by atoms with Crippen molar-refractivity contribution in [2.24, 2.45) is 11.8 Å². The van der Waals surface area contributed by atoms with Crippen LogP contribution in [0.3, 0.4) is 0 Å². The summed E-state index contributed by atoms with van der Waals surface area (Å²) in [4.78, 5) is 10.4. The van der Waals surface area contributed by atoms with Crippen molar-refractivity contribution in [3.05, 3.63) is 12.2 Å². The van der Waals surface area contributed by atoms with E-state index >= 15 is 0 Å². The van der Waals surface area contributed by atoms with E-state index in [2.05, 4.69) is 42.6 Å². The maximum Gasteiger partial charge on any atom is 0.303 e. The molecule has 2 heterocycles. The molecule has 2 nitrogen and oxygen atoms in total. The van der Waals surface area contributed by atoms with Gasteiger partial charge in [-0.2, -0.15) is 23.5 Å². The minimum absolute atomic E-state index is 0.296. The van der Waals surface area contributed by atoms with Gasteiger partial charge in [0.25, 0.3) is 0 Å². The van der Waals surface area contributed by atoms with Gasteiger partial charge in [0.2, 0.25) is 0 Å². The van der Waals surface area contributed by atoms with Gasteiger partial charge < -0.3 is 5.11 Å². The van der Waals surface area contributed by atoms with Gasteiger partial charge in [0.15, 0.2) is 0 Å². The standard InChI is InChI=1S/C16H26O2S2/c1-2-19-11-13-12(14-9-10-15(13)20-14)7-5-3-4-6-8-16(17)18/h3,5,12-15H,2,4,6-11H2,1H3,(H,17,18)/b5-3-/t12-,13+,14-,15+/m1/s1. The van der Waals surface area contributed by atoms with Gasteiger partial charge in [-0.25, -0.2) is 0 Å². The van der Waals surface area contributed by atoms with E-state index < -0.39 is 5.97 Å². The summed E-state index contributed by atoms with van der Waals surface area (Å²) in [6, 6.07) is 0. The van der Waals surface area contributed by atoms with Crippen LogP contribution in [0.25, 0.3) is 0 Å². The lowest BCUT2D eigenvalue weighted by Gasteiger charge is -2.28. The smallest absolute Gasteiger partial charge is 0.303 e. The molecule has 4 atom stereocenters. The van der Waals surface area contributed by atoms with Crippen LogP contribution >= 0.6 is 23.5 Å². The second kappa shape index (κ2) is 8.38. The van der Waals surface area contributed by atoms with Crippen molar-refractivity contribution < 1.29 is 9.90 Å². The van der Waals surface area contributed by atoms with E-state index in [0.29, 0.717) is 6.42 Å². The van der Waals surface area contributed by atoms with E-state index in [0.717, 1.165) is 35.2 Å². The molecule has 2 aliphatic heterocycles. The third kappa shape index (κ3) is 4.45.